The number of nitrogens with one attached hydrogen (secondary N) is 1. The zero-order valence-electron chi connectivity index (χ0n) is 21.9. The van der Waals surface area contributed by atoms with Crippen LogP contribution in [0.15, 0.2) is 18.2 Å². The molecule has 1 heterocycles. The lowest BCUT2D eigenvalue weighted by Gasteiger charge is -2.37. The molecule has 1 aromatic rings. The molecule has 6 nitrogen and oxygen atoms in total. The summed E-state index contributed by atoms with van der Waals surface area (Å²) in [6, 6.07) is 6.68. The first-order valence-corrected chi connectivity index (χ1v) is 14.9. The first kappa shape index (κ1) is 27.4. The highest BCUT2D eigenvalue weighted by Gasteiger charge is 2.30. The molecule has 1 saturated carbocycles. The van der Waals surface area contributed by atoms with Gasteiger partial charge in [-0.15, -0.1) is 0 Å². The first-order valence-electron chi connectivity index (χ1n) is 13.2. The summed E-state index contributed by atoms with van der Waals surface area (Å²) < 4.78 is 23.1. The van der Waals surface area contributed by atoms with Crippen molar-refractivity contribution >= 4 is 19.2 Å². The molecular weight excluding hydrogens is 447 g/mol. The van der Waals surface area contributed by atoms with Gasteiger partial charge in [0.15, 0.2) is 0 Å². The van der Waals surface area contributed by atoms with Crippen molar-refractivity contribution < 1.29 is 18.4 Å². The van der Waals surface area contributed by atoms with E-state index in [1.54, 1.807) is 13.8 Å². The van der Waals surface area contributed by atoms with Gasteiger partial charge in [-0.25, -0.2) is 0 Å². The van der Waals surface area contributed by atoms with E-state index in [0.717, 1.165) is 36.9 Å². The number of hydrogen-bond donors (Lipinski definition) is 1. The Balaban J connectivity index is 1.47. The second-order valence-corrected chi connectivity index (χ2v) is 13.1. The van der Waals surface area contributed by atoms with Crippen molar-refractivity contribution in [1.29, 1.82) is 0 Å². The molecule has 0 spiro atoms. The summed E-state index contributed by atoms with van der Waals surface area (Å²) in [5.74, 6) is 1.68. The van der Waals surface area contributed by atoms with Gasteiger partial charge in [0.1, 0.15) is 0 Å². The maximum atomic E-state index is 12.8. The number of carbonyl (C=O) groups excluding carboxylic acids is 1. The van der Waals surface area contributed by atoms with Crippen molar-refractivity contribution in [3.63, 3.8) is 0 Å². The van der Waals surface area contributed by atoms with Crippen molar-refractivity contribution in [2.45, 2.75) is 73.1 Å². The Kier molecular flexibility index (Phi) is 9.80. The fraction of sp³-hybridized carbons (Fsp3) is 0.741. The zero-order chi connectivity index (χ0) is 24.8. The van der Waals surface area contributed by atoms with Crippen LogP contribution in [0.5, 0.6) is 0 Å². The van der Waals surface area contributed by atoms with Gasteiger partial charge in [-0.05, 0) is 86.8 Å². The topological polar surface area (TPSA) is 67.9 Å². The van der Waals surface area contributed by atoms with Crippen molar-refractivity contribution in [3.05, 3.63) is 29.3 Å². The molecule has 2 aliphatic rings. The van der Waals surface area contributed by atoms with Gasteiger partial charge in [0.25, 0.3) is 0 Å². The Morgan fingerprint density at radius 3 is 2.41 bits per heavy atom. The second-order valence-electron chi connectivity index (χ2n) is 10.9. The third-order valence-electron chi connectivity index (χ3n) is 7.43. The van der Waals surface area contributed by atoms with Crippen LogP contribution >= 0.6 is 7.60 Å². The number of nitrogens with zero attached hydrogens (tertiary/aromatic N) is 1. The Labute approximate surface area is 206 Å². The van der Waals surface area contributed by atoms with E-state index in [-0.39, 0.29) is 18.6 Å². The fourth-order valence-corrected chi connectivity index (χ4v) is 7.03. The second kappa shape index (κ2) is 12.2. The van der Waals surface area contributed by atoms with Crippen LogP contribution in [0.3, 0.4) is 0 Å². The van der Waals surface area contributed by atoms with Gasteiger partial charge in [0, 0.05) is 18.8 Å². The van der Waals surface area contributed by atoms with E-state index in [9.17, 15) is 9.36 Å². The Hall–Kier alpha value is -1.20. The third-order valence-corrected chi connectivity index (χ3v) is 9.50. The smallest absolute Gasteiger partial charge is 0.311 e. The van der Waals surface area contributed by atoms with Gasteiger partial charge >= 0.3 is 7.60 Å². The normalized spacial score (nSPS) is 21.0. The van der Waals surface area contributed by atoms with Crippen LogP contribution in [0, 0.1) is 17.3 Å². The predicted molar refractivity (Wildman–Crippen MR) is 140 cm³/mol. The summed E-state index contributed by atoms with van der Waals surface area (Å²) >= 11 is 0. The molecule has 1 fully saturated rings. The van der Waals surface area contributed by atoms with E-state index in [1.165, 1.54) is 36.8 Å². The van der Waals surface area contributed by atoms with Gasteiger partial charge in [-0.1, -0.05) is 32.9 Å². The van der Waals surface area contributed by atoms with E-state index in [4.69, 9.17) is 9.05 Å². The summed E-state index contributed by atoms with van der Waals surface area (Å²) in [7, 11) is -3.08. The highest BCUT2D eigenvalue weighted by molar-refractivity contribution is 7.53. The molecule has 0 atom stereocenters. The maximum Gasteiger partial charge on any atom is 0.331 e. The highest BCUT2D eigenvalue weighted by Crippen LogP contribution is 2.47. The molecule has 7 heteroatoms. The number of rotatable bonds is 11. The lowest BCUT2D eigenvalue weighted by atomic mass is 9.69. The summed E-state index contributed by atoms with van der Waals surface area (Å²) in [5.41, 5.74) is 4.16. The monoisotopic (exact) mass is 492 g/mol. The number of carbonyl (C=O) groups is 1. The summed E-state index contributed by atoms with van der Waals surface area (Å²) in [6.45, 7) is 12.8. The maximum absolute atomic E-state index is 12.8. The van der Waals surface area contributed by atoms with Crippen molar-refractivity contribution in [2.75, 3.05) is 43.9 Å². The molecule has 1 aromatic carbocycles. The van der Waals surface area contributed by atoms with Gasteiger partial charge in [-0.2, -0.15) is 0 Å². The number of anilines is 1. The fourth-order valence-electron chi connectivity index (χ4n) is 5.47. The largest absolute Gasteiger partial charge is 0.331 e. The third kappa shape index (κ3) is 7.40. The Bertz CT molecular complexity index is 849. The molecule has 0 unspecified atom stereocenters. The first-order chi connectivity index (χ1) is 16.1. The molecule has 1 aliphatic carbocycles. The Morgan fingerprint density at radius 1 is 1.12 bits per heavy atom. The van der Waals surface area contributed by atoms with Gasteiger partial charge in [0.05, 0.1) is 25.9 Å². The molecular formula is C27H45N2O4P. The minimum atomic E-state index is -3.08. The summed E-state index contributed by atoms with van der Waals surface area (Å²) in [4.78, 5) is 14.7. The zero-order valence-corrected chi connectivity index (χ0v) is 22.8. The molecule has 0 bridgehead atoms. The van der Waals surface area contributed by atoms with E-state index >= 15 is 0 Å². The van der Waals surface area contributed by atoms with Crippen LogP contribution in [-0.4, -0.2) is 44.9 Å². The number of hydrogen-bond acceptors (Lipinski definition) is 5. The molecule has 0 aromatic heterocycles. The van der Waals surface area contributed by atoms with E-state index in [2.05, 4.69) is 44.3 Å². The van der Waals surface area contributed by atoms with Crippen molar-refractivity contribution in [2.24, 2.45) is 17.3 Å². The van der Waals surface area contributed by atoms with Gasteiger partial charge < -0.3 is 19.3 Å². The number of amides is 1. The van der Waals surface area contributed by atoms with Crippen molar-refractivity contribution in [3.8, 4) is 0 Å². The molecule has 0 saturated heterocycles. The lowest BCUT2D eigenvalue weighted by molar-refractivity contribution is -0.117. The van der Waals surface area contributed by atoms with Crippen LogP contribution < -0.4 is 10.2 Å². The van der Waals surface area contributed by atoms with Crippen LogP contribution in [-0.2, 0) is 31.2 Å². The summed E-state index contributed by atoms with van der Waals surface area (Å²) in [5, 5.41) is 3.12. The van der Waals surface area contributed by atoms with Gasteiger partial charge in [0.2, 0.25) is 5.91 Å². The van der Waals surface area contributed by atoms with Gasteiger partial charge in [-0.3, -0.25) is 9.36 Å². The minimum absolute atomic E-state index is 0.0506. The predicted octanol–water partition coefficient (Wildman–Crippen LogP) is 5.83. The van der Waals surface area contributed by atoms with Crippen molar-refractivity contribution in [1.82, 2.24) is 5.32 Å². The van der Waals surface area contributed by atoms with Crippen LogP contribution in [0.2, 0.25) is 0 Å². The molecule has 1 N–H and O–H groups in total. The standard InChI is InChI=1S/C27H45N2O4P/c1-6-32-34(31,33-7-2)17-15-28-20-26(30)29-16-14-23-19-22(10-13-25(23)29)18-21-8-11-24(12-9-21)27(3,4)5/h10,13,19,21,24,28H,6-9,11-12,14-18,20H2,1-5H3/t21-,24-. The average molecular weight is 493 g/mol. The number of fused-ring (bicyclic) bond motifs is 1. The van der Waals surface area contributed by atoms with Crippen LogP contribution in [0.4, 0.5) is 5.69 Å². The highest BCUT2D eigenvalue weighted by atomic mass is 31.2. The minimum Gasteiger partial charge on any atom is -0.311 e. The van der Waals surface area contributed by atoms with E-state index < -0.39 is 7.60 Å². The molecule has 34 heavy (non-hydrogen) atoms. The quantitative estimate of drug-likeness (QED) is 0.311. The lowest BCUT2D eigenvalue weighted by Crippen LogP contribution is -2.38. The van der Waals surface area contributed by atoms with Crippen LogP contribution in [0.25, 0.3) is 0 Å². The molecule has 3 rings (SSSR count). The van der Waals surface area contributed by atoms with E-state index in [1.807, 2.05) is 4.90 Å². The van der Waals surface area contributed by atoms with Crippen LogP contribution in [0.1, 0.15) is 71.4 Å². The molecule has 1 amide bonds. The molecule has 192 valence electrons. The number of benzene rings is 1. The summed E-state index contributed by atoms with van der Waals surface area (Å²) in [6.07, 6.45) is 7.68. The Morgan fingerprint density at radius 2 is 1.79 bits per heavy atom. The molecule has 0 radical (unpaired) electrons. The SMILES string of the molecule is CCOP(=O)(CCNCC(=O)N1CCc2cc(C[C@H]3CC[C@H](C(C)(C)C)CC3)ccc21)OCC. The molecule has 1 aliphatic heterocycles. The van der Waals surface area contributed by atoms with E-state index in [0.29, 0.717) is 25.2 Å². The average Bonchev–Trinajstić information content (AvgIpc) is 3.20.